The molecule has 1 unspecified atom stereocenters. The van der Waals surface area contributed by atoms with Gasteiger partial charge in [0, 0.05) is 16.6 Å². The zero-order valence-electron chi connectivity index (χ0n) is 12.7. The summed E-state index contributed by atoms with van der Waals surface area (Å²) in [6.07, 6.45) is -7.53. The highest BCUT2D eigenvalue weighted by atomic mass is 79.9. The van der Waals surface area contributed by atoms with E-state index in [4.69, 9.17) is 9.29 Å². The van der Waals surface area contributed by atoms with E-state index in [0.29, 0.717) is 25.6 Å². The van der Waals surface area contributed by atoms with Gasteiger partial charge in [0.05, 0.1) is 8.95 Å². The van der Waals surface area contributed by atoms with E-state index in [1.54, 1.807) is 12.1 Å². The molecular formula is C13H8Br3F3O7S. The molecule has 27 heavy (non-hydrogen) atoms. The molecule has 0 saturated carbocycles. The summed E-state index contributed by atoms with van der Waals surface area (Å²) >= 11 is 9.46. The minimum atomic E-state index is -5.24. The summed E-state index contributed by atoms with van der Waals surface area (Å²) in [5.74, 6) is -4.61. The van der Waals surface area contributed by atoms with Crippen LogP contribution >= 0.6 is 47.8 Å². The normalized spacial score (nSPS) is 13.4. The Morgan fingerprint density at radius 3 is 2.04 bits per heavy atom. The van der Waals surface area contributed by atoms with Gasteiger partial charge in [-0.25, -0.2) is 9.59 Å². The van der Waals surface area contributed by atoms with Crippen LogP contribution in [0.5, 0.6) is 5.75 Å². The molecule has 0 amide bonds. The zero-order chi connectivity index (χ0) is 21.0. The number of carbonyl (C=O) groups is 2. The van der Waals surface area contributed by atoms with Crippen molar-refractivity contribution in [3.8, 4) is 5.75 Å². The lowest BCUT2D eigenvalue weighted by Crippen LogP contribution is -2.39. The van der Waals surface area contributed by atoms with Crippen LogP contribution in [-0.2, 0) is 24.4 Å². The summed E-state index contributed by atoms with van der Waals surface area (Å²) in [4.78, 5) is 23.1. The molecule has 0 bridgehead atoms. The number of esters is 2. The van der Waals surface area contributed by atoms with Gasteiger partial charge >= 0.3 is 18.1 Å². The number of hydrogen-bond donors (Lipinski definition) is 1. The second kappa shape index (κ2) is 9.49. The van der Waals surface area contributed by atoms with Crippen LogP contribution in [0.2, 0.25) is 0 Å². The third kappa shape index (κ3) is 8.72. The highest BCUT2D eigenvalue weighted by molar-refractivity contribution is 9.11. The van der Waals surface area contributed by atoms with E-state index in [0.717, 1.165) is 0 Å². The van der Waals surface area contributed by atoms with Crippen LogP contribution in [0.1, 0.15) is 0 Å². The molecule has 1 atom stereocenters. The van der Waals surface area contributed by atoms with Gasteiger partial charge in [-0.3, -0.25) is 4.55 Å². The van der Waals surface area contributed by atoms with E-state index < -0.39 is 40.1 Å². The van der Waals surface area contributed by atoms with Crippen molar-refractivity contribution in [1.82, 2.24) is 0 Å². The Kier molecular flexibility index (Phi) is 8.47. The van der Waals surface area contributed by atoms with E-state index in [2.05, 4.69) is 52.5 Å². The number of benzene rings is 1. The second-order valence-corrected chi connectivity index (χ2v) is 8.79. The van der Waals surface area contributed by atoms with Crippen LogP contribution in [0.25, 0.3) is 0 Å². The average molecular weight is 605 g/mol. The Balaban J connectivity index is 2.81. The predicted molar refractivity (Wildman–Crippen MR) is 96.7 cm³/mol. The van der Waals surface area contributed by atoms with Gasteiger partial charge in [-0.15, -0.1) is 0 Å². The Morgan fingerprint density at radius 2 is 1.59 bits per heavy atom. The van der Waals surface area contributed by atoms with E-state index in [9.17, 15) is 31.2 Å². The first-order valence-electron chi connectivity index (χ1n) is 6.46. The average Bonchev–Trinajstić information content (AvgIpc) is 2.46. The van der Waals surface area contributed by atoms with Gasteiger partial charge in [-0.2, -0.15) is 21.6 Å². The van der Waals surface area contributed by atoms with E-state index in [1.165, 1.54) is 0 Å². The van der Waals surface area contributed by atoms with Crippen molar-refractivity contribution in [3.05, 3.63) is 37.7 Å². The highest BCUT2D eigenvalue weighted by Crippen LogP contribution is 2.36. The fourth-order valence-corrected chi connectivity index (χ4v) is 4.52. The molecule has 1 aromatic carbocycles. The molecule has 0 spiro atoms. The number of halogens is 6. The molecule has 0 saturated heterocycles. The Bertz CT molecular complexity index is 845. The van der Waals surface area contributed by atoms with Gasteiger partial charge in [-0.1, -0.05) is 15.9 Å². The van der Waals surface area contributed by atoms with Crippen LogP contribution < -0.4 is 4.74 Å². The van der Waals surface area contributed by atoms with Crippen molar-refractivity contribution in [3.63, 3.8) is 0 Å². The summed E-state index contributed by atoms with van der Waals surface area (Å²) in [6.45, 7) is 0. The first-order chi connectivity index (χ1) is 12.2. The minimum absolute atomic E-state index is 0.0424. The quantitative estimate of drug-likeness (QED) is 0.228. The number of rotatable bonds is 6. The van der Waals surface area contributed by atoms with Crippen LogP contribution in [0.3, 0.4) is 0 Å². The maximum absolute atomic E-state index is 12.6. The molecule has 0 radical (unpaired) electrons. The lowest BCUT2D eigenvalue weighted by molar-refractivity contribution is -0.212. The monoisotopic (exact) mass is 602 g/mol. The summed E-state index contributed by atoms with van der Waals surface area (Å²) in [5.41, 5.74) is 0. The number of alkyl halides is 3. The molecule has 0 aliphatic carbocycles. The van der Waals surface area contributed by atoms with Crippen LogP contribution in [0.4, 0.5) is 13.2 Å². The van der Waals surface area contributed by atoms with Crippen molar-refractivity contribution in [2.45, 2.75) is 12.3 Å². The van der Waals surface area contributed by atoms with Crippen molar-refractivity contribution in [2.75, 3.05) is 5.75 Å². The van der Waals surface area contributed by atoms with Crippen LogP contribution in [0.15, 0.2) is 37.7 Å². The third-order valence-electron chi connectivity index (χ3n) is 2.51. The van der Waals surface area contributed by atoms with E-state index in [1.807, 2.05) is 0 Å². The molecular weight excluding hydrogens is 597 g/mol. The summed E-state index contributed by atoms with van der Waals surface area (Å²) < 4.78 is 77.8. The largest absolute Gasteiger partial charge is 0.448 e. The van der Waals surface area contributed by atoms with Gasteiger partial charge in [-0.05, 0) is 44.0 Å². The van der Waals surface area contributed by atoms with Crippen LogP contribution in [-0.4, -0.2) is 42.9 Å². The lowest BCUT2D eigenvalue weighted by atomic mass is 10.3. The van der Waals surface area contributed by atoms with Gasteiger partial charge in [0.15, 0.2) is 5.75 Å². The molecule has 0 heterocycles. The smallest absolute Gasteiger partial charge is 0.426 e. The topological polar surface area (TPSA) is 107 Å². The molecule has 14 heteroatoms. The molecule has 1 rings (SSSR count). The molecule has 0 aromatic heterocycles. The van der Waals surface area contributed by atoms with Gasteiger partial charge in [0.2, 0.25) is 6.10 Å². The molecule has 0 fully saturated rings. The zero-order valence-corrected chi connectivity index (χ0v) is 18.2. The third-order valence-corrected chi connectivity index (χ3v) is 4.87. The van der Waals surface area contributed by atoms with E-state index >= 15 is 0 Å². The maximum atomic E-state index is 12.6. The van der Waals surface area contributed by atoms with Gasteiger partial charge in [0.25, 0.3) is 10.1 Å². The summed E-state index contributed by atoms with van der Waals surface area (Å²) in [7, 11) is -5.06. The van der Waals surface area contributed by atoms with Gasteiger partial charge < -0.3 is 9.47 Å². The standard InChI is InChI=1S/C13H8Br3F3O7S/c14-6-3-7(15)12(8(16)4-6)26-11(21)2-1-10(20)25-9(13(17,18)19)5-27(22,23)24/h1-4,9H,5H2,(H,22,23,24)/b2-1-. The lowest BCUT2D eigenvalue weighted by Gasteiger charge is -2.18. The van der Waals surface area contributed by atoms with Crippen LogP contribution in [0, 0.1) is 0 Å². The van der Waals surface area contributed by atoms with Gasteiger partial charge in [0.1, 0.15) is 5.75 Å². The Morgan fingerprint density at radius 1 is 1.11 bits per heavy atom. The first kappa shape index (κ1) is 24.1. The molecule has 150 valence electrons. The Labute approximate surface area is 176 Å². The van der Waals surface area contributed by atoms with Crippen molar-refractivity contribution < 1.29 is 45.2 Å². The van der Waals surface area contributed by atoms with Crippen molar-refractivity contribution >= 4 is 69.8 Å². The number of carbonyl (C=O) groups excluding carboxylic acids is 2. The summed E-state index contributed by atoms with van der Waals surface area (Å²) in [5, 5.41) is 0. The number of ether oxygens (including phenoxy) is 2. The maximum Gasteiger partial charge on any atom is 0.426 e. The molecule has 0 aliphatic heterocycles. The first-order valence-corrected chi connectivity index (χ1v) is 10.4. The molecule has 1 aromatic rings. The summed E-state index contributed by atoms with van der Waals surface area (Å²) in [6, 6.07) is 3.10. The predicted octanol–water partition coefficient (Wildman–Crippen LogP) is 3.80. The molecule has 7 nitrogen and oxygen atoms in total. The number of hydrogen-bond acceptors (Lipinski definition) is 6. The highest BCUT2D eigenvalue weighted by Gasteiger charge is 2.45. The minimum Gasteiger partial charge on any atom is -0.448 e. The van der Waals surface area contributed by atoms with Crippen molar-refractivity contribution in [1.29, 1.82) is 0 Å². The fraction of sp³-hybridized carbons (Fsp3) is 0.231. The molecule has 1 N–H and O–H groups in total. The Hall–Kier alpha value is -0.960. The SMILES string of the molecule is O=C(/C=C\C(=O)OC(CS(=O)(=O)O)C(F)(F)F)Oc1c(Br)cc(Br)cc1Br. The fourth-order valence-electron chi connectivity index (χ4n) is 1.46. The second-order valence-electron chi connectivity index (χ2n) is 4.67. The van der Waals surface area contributed by atoms with E-state index in [-0.39, 0.29) is 5.75 Å². The van der Waals surface area contributed by atoms with Crippen molar-refractivity contribution in [2.24, 2.45) is 0 Å². The molecule has 0 aliphatic rings.